The molecule has 4 aromatic rings. The fraction of sp³-hybridized carbons (Fsp3) is 0.318. The number of benzene rings is 2. The molecule has 0 aliphatic carbocycles. The van der Waals surface area contributed by atoms with Gasteiger partial charge in [-0.2, -0.15) is 0 Å². The van der Waals surface area contributed by atoms with Gasteiger partial charge in [-0.15, -0.1) is 0 Å². The number of likely N-dealkylation sites (tertiary alicyclic amines) is 1. The summed E-state index contributed by atoms with van der Waals surface area (Å²) in [6, 6.07) is 8.60. The molecule has 148 valence electrons. The third-order valence-corrected chi connectivity index (χ3v) is 5.72. The first kappa shape index (κ1) is 18.0. The third kappa shape index (κ3) is 3.21. The molecule has 0 spiro atoms. The van der Waals surface area contributed by atoms with Crippen LogP contribution in [0.15, 0.2) is 39.5 Å². The number of aromatic nitrogens is 3. The number of piperidine rings is 1. The van der Waals surface area contributed by atoms with Crippen LogP contribution in [0.4, 0.5) is 4.39 Å². The lowest BCUT2D eigenvalue weighted by Crippen LogP contribution is -2.30. The number of oxazole rings is 1. The summed E-state index contributed by atoms with van der Waals surface area (Å²) in [5.41, 5.74) is 2.46. The Hall–Kier alpha value is -3.06. The van der Waals surface area contributed by atoms with Crippen LogP contribution in [0.1, 0.15) is 30.5 Å². The minimum absolute atomic E-state index is 0.164. The lowest BCUT2D eigenvalue weighted by atomic mass is 9.96. The van der Waals surface area contributed by atoms with E-state index in [9.17, 15) is 9.18 Å². The molecule has 2 aromatic carbocycles. The van der Waals surface area contributed by atoms with E-state index < -0.39 is 5.82 Å². The second-order valence-corrected chi connectivity index (χ2v) is 7.80. The van der Waals surface area contributed by atoms with Crippen molar-refractivity contribution in [2.75, 3.05) is 20.1 Å². The van der Waals surface area contributed by atoms with Crippen LogP contribution in [-0.2, 0) is 0 Å². The van der Waals surface area contributed by atoms with Gasteiger partial charge in [0.05, 0.1) is 10.9 Å². The van der Waals surface area contributed by atoms with Crippen LogP contribution >= 0.6 is 0 Å². The van der Waals surface area contributed by atoms with Crippen molar-refractivity contribution in [2.24, 2.45) is 0 Å². The highest BCUT2D eigenvalue weighted by atomic mass is 19.1. The van der Waals surface area contributed by atoms with Gasteiger partial charge in [0, 0.05) is 12.8 Å². The Labute approximate surface area is 166 Å². The van der Waals surface area contributed by atoms with Crippen LogP contribution in [0.2, 0.25) is 0 Å². The highest BCUT2D eigenvalue weighted by molar-refractivity contribution is 5.87. The van der Waals surface area contributed by atoms with Gasteiger partial charge in [0.15, 0.2) is 17.3 Å². The minimum Gasteiger partial charge on any atom is -0.441 e. The fourth-order valence-electron chi connectivity index (χ4n) is 4.08. The lowest BCUT2D eigenvalue weighted by molar-refractivity contribution is 0.251. The van der Waals surface area contributed by atoms with Gasteiger partial charge >= 0.3 is 0 Å². The maximum Gasteiger partial charge on any atom is 0.258 e. The van der Waals surface area contributed by atoms with Crippen LogP contribution in [0.25, 0.3) is 33.1 Å². The van der Waals surface area contributed by atoms with Crippen molar-refractivity contribution in [2.45, 2.75) is 25.7 Å². The summed E-state index contributed by atoms with van der Waals surface area (Å²) < 4.78 is 19.9. The SMILES string of the molecule is Cc1nc2c(F)cc(-c3ccc4nc(C5CCN(C)CC5)[nH]c(=O)c4c3)cc2o1. The number of halogens is 1. The molecule has 1 aliphatic heterocycles. The van der Waals surface area contributed by atoms with Crippen molar-refractivity contribution in [3.8, 4) is 11.1 Å². The van der Waals surface area contributed by atoms with Crippen molar-refractivity contribution in [3.05, 3.63) is 58.2 Å². The highest BCUT2D eigenvalue weighted by Gasteiger charge is 2.21. The largest absolute Gasteiger partial charge is 0.441 e. The molecule has 0 atom stereocenters. The number of nitrogens with one attached hydrogen (secondary N) is 1. The first-order valence-electron chi connectivity index (χ1n) is 9.77. The number of fused-ring (bicyclic) bond motifs is 2. The van der Waals surface area contributed by atoms with Crippen LogP contribution in [0.5, 0.6) is 0 Å². The number of nitrogens with zero attached hydrogens (tertiary/aromatic N) is 3. The van der Waals surface area contributed by atoms with E-state index in [4.69, 9.17) is 9.40 Å². The Balaban J connectivity index is 1.56. The Morgan fingerprint density at radius 1 is 1.14 bits per heavy atom. The predicted octanol–water partition coefficient (Wildman–Crippen LogP) is 3.99. The first-order valence-corrected chi connectivity index (χ1v) is 9.77. The van der Waals surface area contributed by atoms with Crippen molar-refractivity contribution in [3.63, 3.8) is 0 Å². The predicted molar refractivity (Wildman–Crippen MR) is 110 cm³/mol. The Kier molecular flexibility index (Phi) is 4.20. The van der Waals surface area contributed by atoms with E-state index in [1.54, 1.807) is 19.1 Å². The number of aromatic amines is 1. The van der Waals surface area contributed by atoms with E-state index >= 15 is 0 Å². The number of hydrogen-bond acceptors (Lipinski definition) is 5. The number of hydrogen-bond donors (Lipinski definition) is 1. The van der Waals surface area contributed by atoms with Crippen LogP contribution in [-0.4, -0.2) is 40.0 Å². The molecule has 3 heterocycles. The van der Waals surface area contributed by atoms with E-state index in [2.05, 4.69) is 21.9 Å². The molecule has 0 amide bonds. The van der Waals surface area contributed by atoms with Crippen molar-refractivity contribution in [1.29, 1.82) is 0 Å². The average Bonchev–Trinajstić information content (AvgIpc) is 3.09. The van der Waals surface area contributed by atoms with Crippen molar-refractivity contribution < 1.29 is 8.81 Å². The smallest absolute Gasteiger partial charge is 0.258 e. The van der Waals surface area contributed by atoms with Crippen molar-refractivity contribution in [1.82, 2.24) is 19.9 Å². The maximum absolute atomic E-state index is 14.4. The zero-order chi connectivity index (χ0) is 20.1. The Morgan fingerprint density at radius 2 is 1.93 bits per heavy atom. The van der Waals surface area contributed by atoms with Gasteiger partial charge in [-0.3, -0.25) is 4.79 Å². The number of aryl methyl sites for hydroxylation is 1. The van der Waals surface area contributed by atoms with Crippen LogP contribution < -0.4 is 5.56 Å². The van der Waals surface area contributed by atoms with Gasteiger partial charge in [0.2, 0.25) is 0 Å². The molecule has 1 aliphatic rings. The standard InChI is InChI=1S/C22H21FN4O2/c1-12-24-20-17(23)10-15(11-19(20)29-12)14-3-4-18-16(9-14)22(28)26-21(25-18)13-5-7-27(2)8-6-13/h3-4,9-11,13H,5-8H2,1-2H3,(H,25,26,28). The second kappa shape index (κ2) is 6.77. The van der Waals surface area contributed by atoms with E-state index in [-0.39, 0.29) is 17.0 Å². The van der Waals surface area contributed by atoms with Gasteiger partial charge in [-0.25, -0.2) is 14.4 Å². The molecule has 7 heteroatoms. The number of rotatable bonds is 2. The molecular formula is C22H21FN4O2. The molecule has 0 unspecified atom stereocenters. The summed E-state index contributed by atoms with van der Waals surface area (Å²) in [6.07, 6.45) is 1.97. The molecule has 6 nitrogen and oxygen atoms in total. The first-order chi connectivity index (χ1) is 14.0. The molecule has 29 heavy (non-hydrogen) atoms. The fourth-order valence-corrected chi connectivity index (χ4v) is 4.08. The van der Waals surface area contributed by atoms with Gasteiger partial charge < -0.3 is 14.3 Å². The van der Waals surface area contributed by atoms with E-state index in [1.165, 1.54) is 6.07 Å². The van der Waals surface area contributed by atoms with Crippen LogP contribution in [0.3, 0.4) is 0 Å². The topological polar surface area (TPSA) is 75.0 Å². The molecule has 0 radical (unpaired) electrons. The summed E-state index contributed by atoms with van der Waals surface area (Å²) in [5, 5.41) is 0.494. The average molecular weight is 392 g/mol. The zero-order valence-corrected chi connectivity index (χ0v) is 16.3. The minimum atomic E-state index is -0.445. The molecule has 0 bridgehead atoms. The summed E-state index contributed by atoms with van der Waals surface area (Å²) in [6.45, 7) is 3.68. The monoisotopic (exact) mass is 392 g/mol. The molecule has 1 fully saturated rings. The third-order valence-electron chi connectivity index (χ3n) is 5.72. The second-order valence-electron chi connectivity index (χ2n) is 7.80. The zero-order valence-electron chi connectivity index (χ0n) is 16.3. The molecule has 1 N–H and O–H groups in total. The van der Waals surface area contributed by atoms with E-state index in [0.29, 0.717) is 27.9 Å². The Morgan fingerprint density at radius 3 is 2.72 bits per heavy atom. The number of H-pyrrole nitrogens is 1. The summed E-state index contributed by atoms with van der Waals surface area (Å²) in [7, 11) is 2.11. The lowest BCUT2D eigenvalue weighted by Gasteiger charge is -2.28. The van der Waals surface area contributed by atoms with Crippen molar-refractivity contribution >= 4 is 22.0 Å². The van der Waals surface area contributed by atoms with Crippen LogP contribution in [0, 0.1) is 12.7 Å². The van der Waals surface area contributed by atoms with Gasteiger partial charge in [-0.1, -0.05) is 6.07 Å². The molecule has 0 saturated carbocycles. The van der Waals surface area contributed by atoms with E-state index in [1.807, 2.05) is 12.1 Å². The normalized spacial score (nSPS) is 16.1. The van der Waals surface area contributed by atoms with E-state index in [0.717, 1.165) is 37.3 Å². The highest BCUT2D eigenvalue weighted by Crippen LogP contribution is 2.30. The molecule has 5 rings (SSSR count). The quantitative estimate of drug-likeness (QED) is 0.558. The summed E-state index contributed by atoms with van der Waals surface area (Å²) >= 11 is 0. The Bertz CT molecular complexity index is 1290. The van der Waals surface area contributed by atoms with Gasteiger partial charge in [0.25, 0.3) is 5.56 Å². The maximum atomic E-state index is 14.4. The molecular weight excluding hydrogens is 371 g/mol. The molecule has 2 aromatic heterocycles. The summed E-state index contributed by atoms with van der Waals surface area (Å²) in [5.74, 6) is 0.998. The molecule has 1 saturated heterocycles. The van der Waals surface area contributed by atoms with Gasteiger partial charge in [-0.05, 0) is 68.4 Å². The van der Waals surface area contributed by atoms with Gasteiger partial charge in [0.1, 0.15) is 11.3 Å². The summed E-state index contributed by atoms with van der Waals surface area (Å²) in [4.78, 5) is 26.8.